The van der Waals surface area contributed by atoms with E-state index in [0.29, 0.717) is 22.3 Å². The molecule has 1 heterocycles. The lowest BCUT2D eigenvalue weighted by atomic mass is 10.1. The Kier molecular flexibility index (Phi) is 6.05. The summed E-state index contributed by atoms with van der Waals surface area (Å²) in [6.07, 6.45) is 0. The fourth-order valence-electron chi connectivity index (χ4n) is 2.49. The van der Waals surface area contributed by atoms with Gasteiger partial charge in [0, 0.05) is 12.1 Å². The second-order valence-corrected chi connectivity index (χ2v) is 6.46. The number of esters is 1. The lowest BCUT2D eigenvalue weighted by molar-refractivity contribution is -0.113. The molecule has 9 heteroatoms. The van der Waals surface area contributed by atoms with Crippen LogP contribution in [0.25, 0.3) is 11.1 Å². The predicted octanol–water partition coefficient (Wildman–Crippen LogP) is 3.36. The van der Waals surface area contributed by atoms with E-state index in [1.807, 2.05) is 18.2 Å². The molecule has 0 radical (unpaired) electrons. The number of anilines is 1. The predicted molar refractivity (Wildman–Crippen MR) is 104 cm³/mol. The van der Waals surface area contributed by atoms with Crippen molar-refractivity contribution < 1.29 is 28.2 Å². The molecule has 1 amide bonds. The van der Waals surface area contributed by atoms with Crippen molar-refractivity contribution >= 4 is 40.4 Å². The number of thioether (sulfide) groups is 1. The van der Waals surface area contributed by atoms with Gasteiger partial charge in [-0.2, -0.15) is 0 Å². The molecule has 0 atom stereocenters. The van der Waals surface area contributed by atoms with Crippen LogP contribution in [-0.2, 0) is 9.53 Å². The number of nitrogens with one attached hydrogen (secondary N) is 1. The highest BCUT2D eigenvalue weighted by Crippen LogP contribution is 2.34. The molecular formula is C19H18N2O6S. The van der Waals surface area contributed by atoms with Crippen LogP contribution in [0.1, 0.15) is 10.4 Å². The summed E-state index contributed by atoms with van der Waals surface area (Å²) < 4.78 is 20.8. The van der Waals surface area contributed by atoms with Crippen molar-refractivity contribution in [2.75, 3.05) is 32.4 Å². The maximum Gasteiger partial charge on any atom is 0.340 e. The number of ether oxygens (including phenoxy) is 3. The van der Waals surface area contributed by atoms with Crippen LogP contribution < -0.4 is 14.8 Å². The number of nitrogens with zero attached hydrogens (tertiary/aromatic N) is 1. The Balaban J connectivity index is 1.75. The number of benzene rings is 2. The Hall–Kier alpha value is -3.20. The minimum absolute atomic E-state index is 0.0434. The molecule has 1 aromatic heterocycles. The molecule has 146 valence electrons. The number of methoxy groups -OCH3 is 3. The first-order valence-corrected chi connectivity index (χ1v) is 9.16. The highest BCUT2D eigenvalue weighted by molar-refractivity contribution is 7.99. The average Bonchev–Trinajstić information content (AvgIpc) is 3.14. The van der Waals surface area contributed by atoms with Gasteiger partial charge in [0.1, 0.15) is 5.52 Å². The molecule has 28 heavy (non-hydrogen) atoms. The van der Waals surface area contributed by atoms with Crippen molar-refractivity contribution in [3.8, 4) is 11.5 Å². The van der Waals surface area contributed by atoms with Gasteiger partial charge in [-0.3, -0.25) is 4.79 Å². The third kappa shape index (κ3) is 4.20. The molecule has 0 aliphatic carbocycles. The number of fused-ring (bicyclic) bond motifs is 1. The van der Waals surface area contributed by atoms with Gasteiger partial charge in [0.25, 0.3) is 5.22 Å². The van der Waals surface area contributed by atoms with Gasteiger partial charge in [-0.15, -0.1) is 0 Å². The van der Waals surface area contributed by atoms with Crippen LogP contribution in [0.3, 0.4) is 0 Å². The van der Waals surface area contributed by atoms with Gasteiger partial charge < -0.3 is 23.9 Å². The minimum atomic E-state index is -0.608. The first kappa shape index (κ1) is 19.6. The number of para-hydroxylation sites is 2. The Bertz CT molecular complexity index is 984. The van der Waals surface area contributed by atoms with E-state index in [1.165, 1.54) is 33.5 Å². The Labute approximate surface area is 165 Å². The molecule has 2 aromatic carbocycles. The SMILES string of the molecule is COC(=O)c1cc(OC)c(OC)cc1NC(=O)CSc1nc2ccccc2o1. The largest absolute Gasteiger partial charge is 0.493 e. The summed E-state index contributed by atoms with van der Waals surface area (Å²) in [6, 6.07) is 10.3. The summed E-state index contributed by atoms with van der Waals surface area (Å²) in [5, 5.41) is 3.08. The number of carbonyl (C=O) groups excluding carboxylic acids is 2. The zero-order valence-electron chi connectivity index (χ0n) is 15.5. The van der Waals surface area contributed by atoms with Crippen LogP contribution in [0.4, 0.5) is 5.69 Å². The normalized spacial score (nSPS) is 10.5. The van der Waals surface area contributed by atoms with Gasteiger partial charge in [0.2, 0.25) is 5.91 Å². The molecule has 0 bridgehead atoms. The standard InChI is InChI=1S/C19H18N2O6S/c1-24-15-8-11(18(23)26-3)13(9-16(15)25-2)20-17(22)10-28-19-21-12-6-4-5-7-14(12)27-19/h4-9H,10H2,1-3H3,(H,20,22). The second kappa shape index (κ2) is 8.66. The van der Waals surface area contributed by atoms with Gasteiger partial charge in [-0.05, 0) is 12.1 Å². The average molecular weight is 402 g/mol. The molecule has 8 nitrogen and oxygen atoms in total. The first-order chi connectivity index (χ1) is 13.5. The second-order valence-electron chi connectivity index (χ2n) is 5.53. The highest BCUT2D eigenvalue weighted by atomic mass is 32.2. The number of amides is 1. The van der Waals surface area contributed by atoms with Crippen molar-refractivity contribution in [1.29, 1.82) is 0 Å². The lowest BCUT2D eigenvalue weighted by Gasteiger charge is -2.14. The third-order valence-corrected chi connectivity index (χ3v) is 4.63. The molecule has 0 spiro atoms. The summed E-state index contributed by atoms with van der Waals surface area (Å²) >= 11 is 1.15. The summed E-state index contributed by atoms with van der Waals surface area (Å²) in [5.74, 6) is -0.187. The fraction of sp³-hybridized carbons (Fsp3) is 0.211. The number of aromatic nitrogens is 1. The summed E-state index contributed by atoms with van der Waals surface area (Å²) in [6.45, 7) is 0. The highest BCUT2D eigenvalue weighted by Gasteiger charge is 2.19. The van der Waals surface area contributed by atoms with E-state index in [1.54, 1.807) is 6.07 Å². The minimum Gasteiger partial charge on any atom is -0.493 e. The lowest BCUT2D eigenvalue weighted by Crippen LogP contribution is -2.17. The first-order valence-electron chi connectivity index (χ1n) is 8.18. The van der Waals surface area contributed by atoms with E-state index >= 15 is 0 Å². The van der Waals surface area contributed by atoms with E-state index in [2.05, 4.69) is 10.3 Å². The fourth-order valence-corrected chi connectivity index (χ4v) is 3.13. The van der Waals surface area contributed by atoms with Crippen LogP contribution in [-0.4, -0.2) is 43.9 Å². The van der Waals surface area contributed by atoms with Crippen LogP contribution >= 0.6 is 11.8 Å². The van der Waals surface area contributed by atoms with Crippen LogP contribution in [0.15, 0.2) is 46.0 Å². The molecular weight excluding hydrogens is 384 g/mol. The van der Waals surface area contributed by atoms with Gasteiger partial charge in [0.15, 0.2) is 17.1 Å². The molecule has 0 aliphatic heterocycles. The zero-order chi connectivity index (χ0) is 20.1. The van der Waals surface area contributed by atoms with Crippen molar-refractivity contribution in [1.82, 2.24) is 4.98 Å². The molecule has 0 aliphatic rings. The van der Waals surface area contributed by atoms with Gasteiger partial charge in [-0.25, -0.2) is 9.78 Å². The summed E-state index contributed by atoms with van der Waals surface area (Å²) in [4.78, 5) is 28.8. The van der Waals surface area contributed by atoms with E-state index in [0.717, 1.165) is 17.3 Å². The number of carbonyl (C=O) groups is 2. The van der Waals surface area contributed by atoms with Crippen molar-refractivity contribution in [3.05, 3.63) is 42.0 Å². The Morgan fingerprint density at radius 3 is 2.50 bits per heavy atom. The number of hydrogen-bond acceptors (Lipinski definition) is 8. The molecule has 0 fully saturated rings. The number of oxazole rings is 1. The van der Waals surface area contributed by atoms with Gasteiger partial charge >= 0.3 is 5.97 Å². The summed E-state index contributed by atoms with van der Waals surface area (Å²) in [5.41, 5.74) is 1.78. The van der Waals surface area contributed by atoms with Crippen molar-refractivity contribution in [2.24, 2.45) is 0 Å². The molecule has 3 rings (SSSR count). The summed E-state index contributed by atoms with van der Waals surface area (Å²) in [7, 11) is 4.17. The molecule has 3 aromatic rings. The van der Waals surface area contributed by atoms with Crippen LogP contribution in [0.2, 0.25) is 0 Å². The van der Waals surface area contributed by atoms with Gasteiger partial charge in [-0.1, -0.05) is 23.9 Å². The van der Waals surface area contributed by atoms with Crippen LogP contribution in [0, 0.1) is 0 Å². The van der Waals surface area contributed by atoms with Crippen molar-refractivity contribution in [3.63, 3.8) is 0 Å². The molecule has 0 saturated carbocycles. The molecule has 1 N–H and O–H groups in total. The molecule has 0 unspecified atom stereocenters. The van der Waals surface area contributed by atoms with Gasteiger partial charge in [0.05, 0.1) is 38.3 Å². The Morgan fingerprint density at radius 1 is 1.11 bits per heavy atom. The monoisotopic (exact) mass is 402 g/mol. The van der Waals surface area contributed by atoms with E-state index in [4.69, 9.17) is 18.6 Å². The topological polar surface area (TPSA) is 99.9 Å². The van der Waals surface area contributed by atoms with Crippen molar-refractivity contribution in [2.45, 2.75) is 5.22 Å². The maximum atomic E-state index is 12.4. The maximum absolute atomic E-state index is 12.4. The van der Waals surface area contributed by atoms with E-state index in [-0.39, 0.29) is 22.9 Å². The quantitative estimate of drug-likeness (QED) is 0.474. The Morgan fingerprint density at radius 2 is 1.82 bits per heavy atom. The molecule has 0 saturated heterocycles. The smallest absolute Gasteiger partial charge is 0.340 e. The van der Waals surface area contributed by atoms with Crippen LogP contribution in [0.5, 0.6) is 11.5 Å². The van der Waals surface area contributed by atoms with E-state index < -0.39 is 5.97 Å². The third-order valence-electron chi connectivity index (χ3n) is 3.80. The zero-order valence-corrected chi connectivity index (χ0v) is 16.3. The number of hydrogen-bond donors (Lipinski definition) is 1. The van der Waals surface area contributed by atoms with E-state index in [9.17, 15) is 9.59 Å². The number of rotatable bonds is 7.